The molecule has 0 saturated carbocycles. The molecule has 0 amide bonds. The smallest absolute Gasteiger partial charge is 0.303 e. The normalized spacial score (nSPS) is 11.0. The topological polar surface area (TPSA) is 55.1 Å². The van der Waals surface area contributed by atoms with E-state index in [-0.39, 0.29) is 6.42 Å². The van der Waals surface area contributed by atoms with Crippen molar-refractivity contribution in [1.29, 1.82) is 0 Å². The van der Waals surface area contributed by atoms with Crippen LogP contribution in [0.3, 0.4) is 0 Å². The van der Waals surface area contributed by atoms with E-state index in [0.29, 0.717) is 13.0 Å². The summed E-state index contributed by atoms with van der Waals surface area (Å²) in [5.41, 5.74) is 2.01. The zero-order valence-corrected chi connectivity index (χ0v) is 11.6. The van der Waals surface area contributed by atoms with Gasteiger partial charge in [0, 0.05) is 13.0 Å². The summed E-state index contributed by atoms with van der Waals surface area (Å²) in [4.78, 5) is 16.5. The SMILES string of the molecule is O=C(O)CCCn1c(-c2cccs2)nc2ccccc21. The standard InChI is InChI=1S/C15H14N2O2S/c18-14(19)8-3-9-17-12-6-2-1-5-11(12)16-15(17)13-7-4-10-20-13/h1-2,4-7,10H,3,8-9H2,(H,18,19). The molecular weight excluding hydrogens is 272 g/mol. The molecule has 4 nitrogen and oxygen atoms in total. The molecule has 0 aliphatic heterocycles. The molecule has 3 aromatic rings. The number of aliphatic carboxylic acids is 1. The van der Waals surface area contributed by atoms with Crippen LogP contribution in [0.1, 0.15) is 12.8 Å². The number of carboxylic acid groups (broad SMARTS) is 1. The van der Waals surface area contributed by atoms with E-state index in [0.717, 1.165) is 21.7 Å². The number of para-hydroxylation sites is 2. The number of hydrogen-bond acceptors (Lipinski definition) is 3. The van der Waals surface area contributed by atoms with Crippen molar-refractivity contribution in [2.45, 2.75) is 19.4 Å². The highest BCUT2D eigenvalue weighted by Gasteiger charge is 2.13. The second-order valence-corrected chi connectivity index (χ2v) is 5.50. The number of carboxylic acids is 1. The number of carbonyl (C=O) groups is 1. The van der Waals surface area contributed by atoms with Crippen LogP contribution >= 0.6 is 11.3 Å². The number of nitrogens with zero attached hydrogens (tertiary/aromatic N) is 2. The Morgan fingerprint density at radius 1 is 1.25 bits per heavy atom. The Bertz CT molecular complexity index is 732. The van der Waals surface area contributed by atoms with Crippen LogP contribution in [0.2, 0.25) is 0 Å². The third-order valence-electron chi connectivity index (χ3n) is 3.17. The minimum absolute atomic E-state index is 0.177. The zero-order chi connectivity index (χ0) is 13.9. The van der Waals surface area contributed by atoms with Gasteiger partial charge in [0.2, 0.25) is 0 Å². The molecule has 5 heteroatoms. The number of thiophene rings is 1. The molecule has 0 aliphatic carbocycles. The number of rotatable bonds is 5. The lowest BCUT2D eigenvalue weighted by Crippen LogP contribution is -2.03. The first-order valence-electron chi connectivity index (χ1n) is 6.46. The highest BCUT2D eigenvalue weighted by molar-refractivity contribution is 7.13. The summed E-state index contributed by atoms with van der Waals surface area (Å²) in [6.45, 7) is 0.667. The van der Waals surface area contributed by atoms with Gasteiger partial charge in [-0.2, -0.15) is 0 Å². The Morgan fingerprint density at radius 2 is 2.10 bits per heavy atom. The number of aromatic nitrogens is 2. The summed E-state index contributed by atoms with van der Waals surface area (Å²) in [7, 11) is 0. The van der Waals surface area contributed by atoms with E-state index in [9.17, 15) is 4.79 Å². The third-order valence-corrected chi connectivity index (χ3v) is 4.03. The van der Waals surface area contributed by atoms with E-state index in [4.69, 9.17) is 5.11 Å². The van der Waals surface area contributed by atoms with Gasteiger partial charge in [0.1, 0.15) is 0 Å². The van der Waals surface area contributed by atoms with Crippen molar-refractivity contribution < 1.29 is 9.90 Å². The van der Waals surface area contributed by atoms with Gasteiger partial charge in [0.05, 0.1) is 15.9 Å². The fraction of sp³-hybridized carbons (Fsp3) is 0.200. The van der Waals surface area contributed by atoms with Crippen LogP contribution in [0.4, 0.5) is 0 Å². The quantitative estimate of drug-likeness (QED) is 0.779. The Labute approximate surface area is 120 Å². The van der Waals surface area contributed by atoms with Gasteiger partial charge in [-0.25, -0.2) is 4.98 Å². The van der Waals surface area contributed by atoms with E-state index in [1.807, 2.05) is 41.8 Å². The molecule has 1 N–H and O–H groups in total. The van der Waals surface area contributed by atoms with E-state index < -0.39 is 5.97 Å². The van der Waals surface area contributed by atoms with Crippen molar-refractivity contribution >= 4 is 28.3 Å². The molecular formula is C15H14N2O2S. The van der Waals surface area contributed by atoms with Gasteiger partial charge < -0.3 is 9.67 Å². The highest BCUT2D eigenvalue weighted by atomic mass is 32.1. The maximum atomic E-state index is 10.7. The van der Waals surface area contributed by atoms with Crippen LogP contribution in [-0.2, 0) is 11.3 Å². The Balaban J connectivity index is 2.02. The molecule has 0 radical (unpaired) electrons. The second kappa shape index (κ2) is 5.46. The maximum absolute atomic E-state index is 10.7. The average Bonchev–Trinajstić information content (AvgIpc) is 3.05. The van der Waals surface area contributed by atoms with Gasteiger partial charge in [-0.05, 0) is 30.0 Å². The van der Waals surface area contributed by atoms with Crippen molar-refractivity contribution in [3.8, 4) is 10.7 Å². The molecule has 2 aromatic heterocycles. The third kappa shape index (κ3) is 2.44. The van der Waals surface area contributed by atoms with Gasteiger partial charge in [-0.1, -0.05) is 18.2 Å². The van der Waals surface area contributed by atoms with Crippen LogP contribution in [0.15, 0.2) is 41.8 Å². The average molecular weight is 286 g/mol. The molecule has 2 heterocycles. The van der Waals surface area contributed by atoms with E-state index in [1.54, 1.807) is 11.3 Å². The molecule has 102 valence electrons. The maximum Gasteiger partial charge on any atom is 0.303 e. The predicted molar refractivity (Wildman–Crippen MR) is 79.9 cm³/mol. The molecule has 3 rings (SSSR count). The molecule has 0 fully saturated rings. The van der Waals surface area contributed by atoms with Crippen LogP contribution in [0, 0.1) is 0 Å². The Kier molecular flexibility index (Phi) is 3.52. The summed E-state index contributed by atoms with van der Waals surface area (Å²) in [6.07, 6.45) is 0.782. The Hall–Kier alpha value is -2.14. The number of hydrogen-bond donors (Lipinski definition) is 1. The van der Waals surface area contributed by atoms with E-state index in [1.165, 1.54) is 0 Å². The summed E-state index contributed by atoms with van der Waals surface area (Å²) in [5, 5.41) is 10.8. The van der Waals surface area contributed by atoms with Gasteiger partial charge in [-0.3, -0.25) is 4.79 Å². The molecule has 0 saturated heterocycles. The lowest BCUT2D eigenvalue weighted by atomic mass is 10.3. The number of imidazole rings is 1. The van der Waals surface area contributed by atoms with E-state index in [2.05, 4.69) is 9.55 Å². The first kappa shape index (κ1) is 12.9. The number of fused-ring (bicyclic) bond motifs is 1. The van der Waals surface area contributed by atoms with Crippen molar-refractivity contribution in [1.82, 2.24) is 9.55 Å². The molecule has 0 aliphatic rings. The fourth-order valence-corrected chi connectivity index (χ4v) is 3.01. The molecule has 0 spiro atoms. The van der Waals surface area contributed by atoms with Gasteiger partial charge in [0.25, 0.3) is 0 Å². The largest absolute Gasteiger partial charge is 0.481 e. The second-order valence-electron chi connectivity index (χ2n) is 4.55. The summed E-state index contributed by atoms with van der Waals surface area (Å²) >= 11 is 1.65. The van der Waals surface area contributed by atoms with Crippen LogP contribution in [0.5, 0.6) is 0 Å². The minimum atomic E-state index is -0.757. The van der Waals surface area contributed by atoms with Gasteiger partial charge in [-0.15, -0.1) is 11.3 Å². The monoisotopic (exact) mass is 286 g/mol. The van der Waals surface area contributed by atoms with Crippen molar-refractivity contribution in [3.05, 3.63) is 41.8 Å². The molecule has 1 aromatic carbocycles. The predicted octanol–water partition coefficient (Wildman–Crippen LogP) is 3.63. The first-order valence-corrected chi connectivity index (χ1v) is 7.34. The van der Waals surface area contributed by atoms with Crippen LogP contribution in [-0.4, -0.2) is 20.6 Å². The molecule has 0 atom stereocenters. The van der Waals surface area contributed by atoms with Crippen molar-refractivity contribution in [3.63, 3.8) is 0 Å². The van der Waals surface area contributed by atoms with Crippen molar-refractivity contribution in [2.75, 3.05) is 0 Å². The summed E-state index contributed by atoms with van der Waals surface area (Å²) < 4.78 is 2.12. The fourth-order valence-electron chi connectivity index (χ4n) is 2.28. The summed E-state index contributed by atoms with van der Waals surface area (Å²) in [5.74, 6) is 0.165. The summed E-state index contributed by atoms with van der Waals surface area (Å²) in [6, 6.07) is 12.0. The lowest BCUT2D eigenvalue weighted by molar-refractivity contribution is -0.137. The van der Waals surface area contributed by atoms with Gasteiger partial charge >= 0.3 is 5.97 Å². The minimum Gasteiger partial charge on any atom is -0.481 e. The lowest BCUT2D eigenvalue weighted by Gasteiger charge is -2.07. The molecule has 0 unspecified atom stereocenters. The zero-order valence-electron chi connectivity index (χ0n) is 10.8. The van der Waals surface area contributed by atoms with Crippen LogP contribution in [0.25, 0.3) is 21.7 Å². The van der Waals surface area contributed by atoms with Crippen LogP contribution < -0.4 is 0 Å². The Morgan fingerprint density at radius 3 is 2.85 bits per heavy atom. The first-order chi connectivity index (χ1) is 9.75. The molecule has 20 heavy (non-hydrogen) atoms. The van der Waals surface area contributed by atoms with Gasteiger partial charge in [0.15, 0.2) is 5.82 Å². The highest BCUT2D eigenvalue weighted by Crippen LogP contribution is 2.28. The van der Waals surface area contributed by atoms with Crippen molar-refractivity contribution in [2.24, 2.45) is 0 Å². The molecule has 0 bridgehead atoms. The van der Waals surface area contributed by atoms with E-state index >= 15 is 0 Å². The number of aryl methyl sites for hydroxylation is 1. The number of benzene rings is 1.